The zero-order chi connectivity index (χ0) is 14.8. The molecule has 1 nitrogen and oxygen atoms in total. The van der Waals surface area contributed by atoms with E-state index in [9.17, 15) is 4.79 Å². The Kier molecular flexibility index (Phi) is 2.85. The van der Waals surface area contributed by atoms with E-state index >= 15 is 0 Å². The summed E-state index contributed by atoms with van der Waals surface area (Å²) in [5.41, 5.74) is 5.92. The van der Waals surface area contributed by atoms with Crippen molar-refractivity contribution < 1.29 is 4.79 Å². The number of carbonyl (C=O) groups excluding carboxylic acids is 1. The average molecular weight is 284 g/mol. The number of rotatable bonds is 0. The summed E-state index contributed by atoms with van der Waals surface area (Å²) in [5.74, 6) is 2.00. The van der Waals surface area contributed by atoms with Gasteiger partial charge in [-0.2, -0.15) is 0 Å². The van der Waals surface area contributed by atoms with Crippen LogP contribution in [0, 0.1) is 22.7 Å². The molecule has 0 aromatic carbocycles. The Hall–Kier alpha value is -0.850. The van der Waals surface area contributed by atoms with Crippen molar-refractivity contribution in [1.29, 1.82) is 0 Å². The van der Waals surface area contributed by atoms with Gasteiger partial charge in [0.1, 0.15) is 0 Å². The molecule has 114 valence electrons. The van der Waals surface area contributed by atoms with Crippen LogP contribution in [0.15, 0.2) is 22.8 Å². The summed E-state index contributed by atoms with van der Waals surface area (Å²) in [6.07, 6.45) is 11.7. The zero-order valence-electron chi connectivity index (χ0n) is 13.8. The van der Waals surface area contributed by atoms with Crippen LogP contribution in [0.2, 0.25) is 0 Å². The van der Waals surface area contributed by atoms with Crippen LogP contribution in [0.1, 0.15) is 72.1 Å². The molecule has 3 atom stereocenters. The Morgan fingerprint density at radius 2 is 1.81 bits per heavy atom. The van der Waals surface area contributed by atoms with E-state index in [1.54, 1.807) is 0 Å². The van der Waals surface area contributed by atoms with Gasteiger partial charge in [-0.15, -0.1) is 0 Å². The summed E-state index contributed by atoms with van der Waals surface area (Å²) in [5, 5.41) is 0. The highest BCUT2D eigenvalue weighted by Gasteiger charge is 2.51. The minimum Gasteiger partial charge on any atom is -0.295 e. The highest BCUT2D eigenvalue weighted by molar-refractivity contribution is 5.91. The van der Waals surface area contributed by atoms with Crippen molar-refractivity contribution in [3.8, 4) is 0 Å². The monoisotopic (exact) mass is 284 g/mol. The maximum atomic E-state index is 11.8. The van der Waals surface area contributed by atoms with Gasteiger partial charge in [-0.25, -0.2) is 0 Å². The fourth-order valence-electron chi connectivity index (χ4n) is 6.04. The van der Waals surface area contributed by atoms with Gasteiger partial charge in [0.15, 0.2) is 5.78 Å². The molecule has 1 fully saturated rings. The van der Waals surface area contributed by atoms with E-state index < -0.39 is 0 Å². The van der Waals surface area contributed by atoms with Crippen molar-refractivity contribution in [1.82, 2.24) is 0 Å². The molecule has 4 aliphatic rings. The van der Waals surface area contributed by atoms with E-state index in [1.807, 2.05) is 17.2 Å². The summed E-state index contributed by atoms with van der Waals surface area (Å²) in [4.78, 5) is 11.8. The van der Waals surface area contributed by atoms with Crippen molar-refractivity contribution in [3.05, 3.63) is 22.8 Å². The highest BCUT2D eigenvalue weighted by Crippen LogP contribution is 2.62. The molecular formula is C20H28O. The fourth-order valence-corrected chi connectivity index (χ4v) is 6.04. The first-order valence-corrected chi connectivity index (χ1v) is 8.88. The molecule has 0 aromatic heterocycles. The first-order chi connectivity index (χ1) is 9.92. The topological polar surface area (TPSA) is 17.1 Å². The minimum absolute atomic E-state index is 0.322. The zero-order valence-corrected chi connectivity index (χ0v) is 13.8. The first-order valence-electron chi connectivity index (χ1n) is 8.88. The Morgan fingerprint density at radius 3 is 2.62 bits per heavy atom. The van der Waals surface area contributed by atoms with Crippen LogP contribution in [0.25, 0.3) is 0 Å². The molecule has 0 aromatic rings. The largest absolute Gasteiger partial charge is 0.295 e. The van der Waals surface area contributed by atoms with Crippen LogP contribution in [-0.4, -0.2) is 5.78 Å². The van der Waals surface area contributed by atoms with Crippen molar-refractivity contribution in [2.45, 2.75) is 72.1 Å². The van der Waals surface area contributed by atoms with E-state index in [1.165, 1.54) is 44.1 Å². The van der Waals surface area contributed by atoms with E-state index in [-0.39, 0.29) is 0 Å². The molecule has 1 heteroatoms. The van der Waals surface area contributed by atoms with Gasteiger partial charge < -0.3 is 0 Å². The van der Waals surface area contributed by atoms with Gasteiger partial charge in [-0.05, 0) is 73.7 Å². The first kappa shape index (κ1) is 13.8. The molecule has 0 heterocycles. The molecule has 21 heavy (non-hydrogen) atoms. The molecule has 4 aliphatic carbocycles. The SMILES string of the molecule is CC1(C)CCC2=C1CC[C@H]1[C@H]2CCC2=CC(=O)CC[C@@]21C. The number of hydrogen-bond donors (Lipinski definition) is 0. The number of ketones is 1. The minimum atomic E-state index is 0.322. The van der Waals surface area contributed by atoms with Crippen molar-refractivity contribution >= 4 is 5.78 Å². The number of fused-ring (bicyclic) bond motifs is 4. The Labute approximate surface area is 128 Å². The number of carbonyl (C=O) groups is 1. The van der Waals surface area contributed by atoms with Crippen LogP contribution < -0.4 is 0 Å². The van der Waals surface area contributed by atoms with E-state index in [4.69, 9.17) is 0 Å². The van der Waals surface area contributed by atoms with Crippen LogP contribution in [0.4, 0.5) is 0 Å². The number of hydrogen-bond acceptors (Lipinski definition) is 1. The quantitative estimate of drug-likeness (QED) is 0.557. The van der Waals surface area contributed by atoms with E-state index in [0.29, 0.717) is 16.6 Å². The lowest BCUT2D eigenvalue weighted by Gasteiger charge is -2.52. The Morgan fingerprint density at radius 1 is 1.00 bits per heavy atom. The van der Waals surface area contributed by atoms with Crippen LogP contribution in [0.5, 0.6) is 0 Å². The molecular weight excluding hydrogens is 256 g/mol. The summed E-state index contributed by atoms with van der Waals surface area (Å²) in [6, 6.07) is 0. The van der Waals surface area contributed by atoms with Gasteiger partial charge in [-0.1, -0.05) is 37.5 Å². The van der Waals surface area contributed by atoms with Gasteiger partial charge in [-0.3, -0.25) is 4.79 Å². The smallest absolute Gasteiger partial charge is 0.155 e. The van der Waals surface area contributed by atoms with Gasteiger partial charge >= 0.3 is 0 Å². The lowest BCUT2D eigenvalue weighted by molar-refractivity contribution is -0.116. The number of allylic oxidation sites excluding steroid dienone is 4. The molecule has 0 radical (unpaired) electrons. The molecule has 0 saturated heterocycles. The predicted octanol–water partition coefficient (Wildman–Crippen LogP) is 5.22. The maximum Gasteiger partial charge on any atom is 0.155 e. The summed E-state index contributed by atoms with van der Waals surface area (Å²) < 4.78 is 0. The standard InChI is InChI=1S/C20H28O/c1-19(2)10-9-16-15-5-4-13-12-14(21)8-11-20(13,3)18(15)7-6-17(16)19/h12,15,18H,4-11H2,1-3H3/t15-,18-,20-/m0/s1. The van der Waals surface area contributed by atoms with Crippen LogP contribution >= 0.6 is 0 Å². The van der Waals surface area contributed by atoms with Gasteiger partial charge in [0.25, 0.3) is 0 Å². The summed E-state index contributed by atoms with van der Waals surface area (Å²) >= 11 is 0. The lowest BCUT2D eigenvalue weighted by atomic mass is 9.52. The second-order valence-electron chi connectivity index (χ2n) is 8.73. The van der Waals surface area contributed by atoms with E-state index in [0.717, 1.165) is 24.7 Å². The van der Waals surface area contributed by atoms with Crippen molar-refractivity contribution in [3.63, 3.8) is 0 Å². The van der Waals surface area contributed by atoms with Gasteiger partial charge in [0.2, 0.25) is 0 Å². The highest BCUT2D eigenvalue weighted by atomic mass is 16.1. The third kappa shape index (κ3) is 1.85. The Bertz CT molecular complexity index is 562. The molecule has 1 saturated carbocycles. The molecule has 0 amide bonds. The molecule has 0 spiro atoms. The Balaban J connectivity index is 1.73. The van der Waals surface area contributed by atoms with Crippen molar-refractivity contribution in [2.75, 3.05) is 0 Å². The summed E-state index contributed by atoms with van der Waals surface area (Å²) in [6.45, 7) is 7.36. The van der Waals surface area contributed by atoms with Crippen LogP contribution in [-0.2, 0) is 4.79 Å². The molecule has 0 bridgehead atoms. The second kappa shape index (κ2) is 4.33. The molecule has 0 N–H and O–H groups in total. The van der Waals surface area contributed by atoms with E-state index in [2.05, 4.69) is 20.8 Å². The predicted molar refractivity (Wildman–Crippen MR) is 85.9 cm³/mol. The molecule has 4 rings (SSSR count). The second-order valence-corrected chi connectivity index (χ2v) is 8.73. The molecule has 0 aliphatic heterocycles. The fraction of sp³-hybridized carbons (Fsp3) is 0.750. The van der Waals surface area contributed by atoms with Gasteiger partial charge in [0, 0.05) is 6.42 Å². The van der Waals surface area contributed by atoms with Crippen molar-refractivity contribution in [2.24, 2.45) is 22.7 Å². The molecule has 0 unspecified atom stereocenters. The third-order valence-electron chi connectivity index (χ3n) is 7.37. The maximum absolute atomic E-state index is 11.8. The van der Waals surface area contributed by atoms with Crippen LogP contribution in [0.3, 0.4) is 0 Å². The normalized spacial score (nSPS) is 41.3. The summed E-state index contributed by atoms with van der Waals surface area (Å²) in [7, 11) is 0. The lowest BCUT2D eigenvalue weighted by Crippen LogP contribution is -2.43. The van der Waals surface area contributed by atoms with Gasteiger partial charge in [0.05, 0.1) is 0 Å². The average Bonchev–Trinajstić information content (AvgIpc) is 2.76. The third-order valence-corrected chi connectivity index (χ3v) is 7.37.